The number of ether oxygens (including phenoxy) is 3. The summed E-state index contributed by atoms with van der Waals surface area (Å²) < 4.78 is 15.3. The molecular formula is C19H18N2O7. The number of anilines is 1. The Morgan fingerprint density at radius 3 is 2.36 bits per heavy atom. The zero-order valence-corrected chi connectivity index (χ0v) is 15.4. The van der Waals surface area contributed by atoms with Crippen molar-refractivity contribution in [3.8, 4) is 17.2 Å². The first-order valence-corrected chi connectivity index (χ1v) is 8.02. The van der Waals surface area contributed by atoms with Crippen molar-refractivity contribution in [3.63, 3.8) is 0 Å². The van der Waals surface area contributed by atoms with Gasteiger partial charge in [-0.15, -0.1) is 0 Å². The van der Waals surface area contributed by atoms with Crippen LogP contribution in [0.5, 0.6) is 17.2 Å². The smallest absolute Gasteiger partial charge is 0.308 e. The maximum Gasteiger partial charge on any atom is 0.308 e. The van der Waals surface area contributed by atoms with Crippen molar-refractivity contribution in [1.82, 2.24) is 0 Å². The largest absolute Gasteiger partial charge is 0.494 e. The molecule has 9 nitrogen and oxygen atoms in total. The van der Waals surface area contributed by atoms with Crippen LogP contribution in [-0.4, -0.2) is 31.0 Å². The second-order valence-corrected chi connectivity index (χ2v) is 5.47. The first-order valence-electron chi connectivity index (χ1n) is 8.02. The summed E-state index contributed by atoms with van der Waals surface area (Å²) in [7, 11) is 2.78. The number of hydrogen-bond acceptors (Lipinski definition) is 7. The molecule has 0 heterocycles. The van der Waals surface area contributed by atoms with Crippen molar-refractivity contribution in [1.29, 1.82) is 0 Å². The predicted octanol–water partition coefficient (Wildman–Crippen LogP) is 3.19. The molecule has 0 bridgehead atoms. The van der Waals surface area contributed by atoms with Crippen LogP contribution in [-0.2, 0) is 9.59 Å². The van der Waals surface area contributed by atoms with E-state index in [2.05, 4.69) is 5.32 Å². The molecule has 0 spiro atoms. The van der Waals surface area contributed by atoms with Crippen molar-refractivity contribution in [3.05, 3.63) is 58.2 Å². The summed E-state index contributed by atoms with van der Waals surface area (Å²) in [4.78, 5) is 33.5. The number of esters is 1. The lowest BCUT2D eigenvalue weighted by Crippen LogP contribution is -2.09. The van der Waals surface area contributed by atoms with Gasteiger partial charge in [-0.1, -0.05) is 6.07 Å². The maximum absolute atomic E-state index is 12.2. The number of nitro groups is 1. The highest BCUT2D eigenvalue weighted by Gasteiger charge is 2.12. The second kappa shape index (κ2) is 9.17. The van der Waals surface area contributed by atoms with Gasteiger partial charge >= 0.3 is 5.97 Å². The zero-order chi connectivity index (χ0) is 20.7. The Bertz CT molecular complexity index is 938. The number of methoxy groups -OCH3 is 2. The molecule has 146 valence electrons. The van der Waals surface area contributed by atoms with Gasteiger partial charge in [0.25, 0.3) is 5.69 Å². The predicted molar refractivity (Wildman–Crippen MR) is 102 cm³/mol. The quantitative estimate of drug-likeness (QED) is 0.255. The van der Waals surface area contributed by atoms with Gasteiger partial charge in [0.05, 0.1) is 30.9 Å². The summed E-state index contributed by atoms with van der Waals surface area (Å²) in [6.07, 6.45) is 2.81. The number of rotatable bonds is 7. The first-order chi connectivity index (χ1) is 13.3. The third-order valence-electron chi connectivity index (χ3n) is 3.52. The Balaban J connectivity index is 2.13. The standard InChI is InChI=1S/C19H18N2O7/c1-12(22)28-16-8-4-13(10-18(16)27-3)5-9-19(23)20-15-7-6-14(21(24)25)11-17(15)26-2/h4-11H,1-3H3,(H,20,23)/b9-5+. The fourth-order valence-electron chi connectivity index (χ4n) is 2.27. The zero-order valence-electron chi connectivity index (χ0n) is 15.4. The second-order valence-electron chi connectivity index (χ2n) is 5.47. The summed E-state index contributed by atoms with van der Waals surface area (Å²) in [5.74, 6) is -0.154. The SMILES string of the molecule is COc1cc([N+](=O)[O-])ccc1NC(=O)/C=C/c1ccc(OC(C)=O)c(OC)c1. The molecule has 0 aliphatic carbocycles. The van der Waals surface area contributed by atoms with E-state index < -0.39 is 16.8 Å². The van der Waals surface area contributed by atoms with Crippen LogP contribution in [0.1, 0.15) is 12.5 Å². The highest BCUT2D eigenvalue weighted by molar-refractivity contribution is 6.02. The molecule has 0 aliphatic heterocycles. The van der Waals surface area contributed by atoms with Crippen LogP contribution < -0.4 is 19.5 Å². The van der Waals surface area contributed by atoms with Gasteiger partial charge in [0.2, 0.25) is 5.91 Å². The molecule has 0 radical (unpaired) electrons. The normalized spacial score (nSPS) is 10.4. The topological polar surface area (TPSA) is 117 Å². The Morgan fingerprint density at radius 2 is 1.75 bits per heavy atom. The molecule has 0 unspecified atom stereocenters. The van der Waals surface area contributed by atoms with Gasteiger partial charge in [-0.2, -0.15) is 0 Å². The summed E-state index contributed by atoms with van der Waals surface area (Å²) in [6.45, 7) is 1.28. The molecule has 2 aromatic carbocycles. The van der Waals surface area contributed by atoms with E-state index in [1.807, 2.05) is 0 Å². The Morgan fingerprint density at radius 1 is 1.04 bits per heavy atom. The van der Waals surface area contributed by atoms with Crippen LogP contribution in [0.4, 0.5) is 11.4 Å². The molecule has 2 aromatic rings. The molecule has 0 aliphatic rings. The minimum atomic E-state index is -0.555. The summed E-state index contributed by atoms with van der Waals surface area (Å²) in [6, 6.07) is 8.68. The molecule has 1 amide bonds. The highest BCUT2D eigenvalue weighted by atomic mass is 16.6. The number of nitro benzene ring substituents is 1. The molecule has 1 N–H and O–H groups in total. The van der Waals surface area contributed by atoms with Crippen molar-refractivity contribution >= 4 is 29.3 Å². The molecule has 0 saturated heterocycles. The molecule has 0 aromatic heterocycles. The van der Waals surface area contributed by atoms with Gasteiger partial charge in [0.15, 0.2) is 11.5 Å². The van der Waals surface area contributed by atoms with E-state index in [1.165, 1.54) is 51.5 Å². The molecule has 0 fully saturated rings. The van der Waals surface area contributed by atoms with Gasteiger partial charge in [0.1, 0.15) is 5.75 Å². The van der Waals surface area contributed by atoms with Gasteiger partial charge in [0, 0.05) is 19.1 Å². The van der Waals surface area contributed by atoms with E-state index in [-0.39, 0.29) is 17.2 Å². The van der Waals surface area contributed by atoms with E-state index >= 15 is 0 Å². The van der Waals surface area contributed by atoms with Crippen LogP contribution in [0.2, 0.25) is 0 Å². The lowest BCUT2D eigenvalue weighted by atomic mass is 10.2. The van der Waals surface area contributed by atoms with E-state index in [0.717, 1.165) is 0 Å². The minimum absolute atomic E-state index is 0.148. The average Bonchev–Trinajstić information content (AvgIpc) is 2.66. The molecule has 0 saturated carbocycles. The van der Waals surface area contributed by atoms with Crippen molar-refractivity contribution in [2.24, 2.45) is 0 Å². The number of carbonyl (C=O) groups excluding carboxylic acids is 2. The monoisotopic (exact) mass is 386 g/mol. The fraction of sp³-hybridized carbons (Fsp3) is 0.158. The lowest BCUT2D eigenvalue weighted by Gasteiger charge is -2.09. The van der Waals surface area contributed by atoms with Crippen LogP contribution in [0.3, 0.4) is 0 Å². The number of carbonyl (C=O) groups is 2. The molecule has 9 heteroatoms. The number of nitrogens with one attached hydrogen (secondary N) is 1. The van der Waals surface area contributed by atoms with E-state index in [1.54, 1.807) is 18.2 Å². The number of nitrogens with zero attached hydrogens (tertiary/aromatic N) is 1. The third kappa shape index (κ3) is 5.31. The van der Waals surface area contributed by atoms with Crippen molar-refractivity contribution in [2.75, 3.05) is 19.5 Å². The Hall–Kier alpha value is -3.88. The number of amides is 1. The summed E-state index contributed by atoms with van der Waals surface area (Å²) >= 11 is 0. The number of benzene rings is 2. The van der Waals surface area contributed by atoms with Gasteiger partial charge in [-0.05, 0) is 29.8 Å². The Kier molecular flexibility index (Phi) is 6.69. The van der Waals surface area contributed by atoms with E-state index in [9.17, 15) is 19.7 Å². The van der Waals surface area contributed by atoms with Crippen molar-refractivity contribution < 1.29 is 28.7 Å². The van der Waals surface area contributed by atoms with Gasteiger partial charge in [-0.25, -0.2) is 0 Å². The number of hydrogen-bond donors (Lipinski definition) is 1. The minimum Gasteiger partial charge on any atom is -0.494 e. The summed E-state index contributed by atoms with van der Waals surface area (Å²) in [5.41, 5.74) is 0.787. The van der Waals surface area contributed by atoms with Crippen molar-refractivity contribution in [2.45, 2.75) is 6.92 Å². The maximum atomic E-state index is 12.2. The molecule has 2 rings (SSSR count). The van der Waals surface area contributed by atoms with E-state index in [0.29, 0.717) is 17.0 Å². The fourth-order valence-corrected chi connectivity index (χ4v) is 2.27. The average molecular weight is 386 g/mol. The van der Waals surface area contributed by atoms with E-state index in [4.69, 9.17) is 14.2 Å². The molecule has 0 atom stereocenters. The third-order valence-corrected chi connectivity index (χ3v) is 3.52. The van der Waals surface area contributed by atoms with Crippen LogP contribution >= 0.6 is 0 Å². The first kappa shape index (κ1) is 20.4. The van der Waals surface area contributed by atoms with Gasteiger partial charge in [-0.3, -0.25) is 19.7 Å². The molecular weight excluding hydrogens is 368 g/mol. The lowest BCUT2D eigenvalue weighted by molar-refractivity contribution is -0.384. The highest BCUT2D eigenvalue weighted by Crippen LogP contribution is 2.30. The van der Waals surface area contributed by atoms with Gasteiger partial charge < -0.3 is 19.5 Å². The van der Waals surface area contributed by atoms with Crippen LogP contribution in [0.15, 0.2) is 42.5 Å². The molecule has 28 heavy (non-hydrogen) atoms. The van der Waals surface area contributed by atoms with Crippen LogP contribution in [0, 0.1) is 10.1 Å². The van der Waals surface area contributed by atoms with Crippen LogP contribution in [0.25, 0.3) is 6.08 Å². The Labute approximate surface area is 160 Å². The summed E-state index contributed by atoms with van der Waals surface area (Å²) in [5, 5.41) is 13.4. The number of non-ortho nitro benzene ring substituents is 1.